The first kappa shape index (κ1) is 24.9. The number of carboxylic acid groups (broad SMARTS) is 1. The number of aliphatic carboxylic acids is 1. The molecule has 0 aromatic carbocycles. The Morgan fingerprint density at radius 1 is 1.13 bits per heavy atom. The molecule has 1 heterocycles. The molecule has 30 heavy (non-hydrogen) atoms. The first-order valence-electron chi connectivity index (χ1n) is 8.81. The minimum absolute atomic E-state index is 0.0324. The van der Waals surface area contributed by atoms with E-state index < -0.39 is 60.2 Å². The molecule has 1 aromatic rings. The van der Waals surface area contributed by atoms with Gasteiger partial charge < -0.3 is 37.5 Å². The number of aromatic amines is 1. The maximum absolute atomic E-state index is 12.6. The molecule has 0 fully saturated rings. The number of H-pyrrole nitrogens is 1. The van der Waals surface area contributed by atoms with E-state index >= 15 is 0 Å². The van der Waals surface area contributed by atoms with Crippen molar-refractivity contribution in [2.24, 2.45) is 11.5 Å². The fourth-order valence-electron chi connectivity index (χ4n) is 2.26. The maximum Gasteiger partial charge on any atom is 0.326 e. The summed E-state index contributed by atoms with van der Waals surface area (Å²) < 4.78 is 0. The standard InChI is InChI=1S/C16H25N7O6S/c1-7(13(25)23-11(16(28)29)3-12(18)24)21-15(27)10(2-8-4-19-6-20-8)22-14(26)9(17)5-30/h4,6-7,9-11,30H,2-3,5,17H2,1H3,(H2,18,24)(H,19,20)(H,21,27)(H,22,26)(H,23,25)(H,28,29). The van der Waals surface area contributed by atoms with Crippen molar-refractivity contribution in [1.29, 1.82) is 0 Å². The van der Waals surface area contributed by atoms with E-state index in [1.165, 1.54) is 19.4 Å². The number of nitrogens with zero attached hydrogens (tertiary/aromatic N) is 1. The zero-order valence-corrected chi connectivity index (χ0v) is 17.0. The molecule has 0 aliphatic heterocycles. The molecule has 0 spiro atoms. The molecule has 14 heteroatoms. The van der Waals surface area contributed by atoms with E-state index in [4.69, 9.17) is 16.6 Å². The molecule has 1 rings (SSSR count). The van der Waals surface area contributed by atoms with Crippen LogP contribution in [0.4, 0.5) is 0 Å². The molecule has 0 aliphatic rings. The highest BCUT2D eigenvalue weighted by Crippen LogP contribution is 2.01. The predicted molar refractivity (Wildman–Crippen MR) is 107 cm³/mol. The van der Waals surface area contributed by atoms with E-state index in [1.54, 1.807) is 0 Å². The first-order valence-corrected chi connectivity index (χ1v) is 9.44. The van der Waals surface area contributed by atoms with Crippen molar-refractivity contribution in [2.75, 3.05) is 5.75 Å². The number of aromatic nitrogens is 2. The van der Waals surface area contributed by atoms with E-state index in [-0.39, 0.29) is 12.2 Å². The molecule has 4 atom stereocenters. The summed E-state index contributed by atoms with van der Waals surface area (Å²) >= 11 is 3.94. The number of carbonyl (C=O) groups is 5. The van der Waals surface area contributed by atoms with Gasteiger partial charge in [0.25, 0.3) is 0 Å². The van der Waals surface area contributed by atoms with Crippen LogP contribution in [0.15, 0.2) is 12.5 Å². The van der Waals surface area contributed by atoms with Gasteiger partial charge in [0.05, 0.1) is 18.8 Å². The number of thiol groups is 1. The number of hydrogen-bond donors (Lipinski definition) is 8. The topological polar surface area (TPSA) is 222 Å². The molecule has 0 saturated carbocycles. The summed E-state index contributed by atoms with van der Waals surface area (Å²) in [7, 11) is 0. The molecule has 4 unspecified atom stereocenters. The number of hydrogen-bond acceptors (Lipinski definition) is 8. The van der Waals surface area contributed by atoms with Gasteiger partial charge in [0.1, 0.15) is 18.1 Å². The van der Waals surface area contributed by atoms with Crippen LogP contribution in [-0.4, -0.2) is 74.6 Å². The SMILES string of the molecule is CC(NC(=O)C(Cc1cnc[nH]1)NC(=O)C(N)CS)C(=O)NC(CC(N)=O)C(=O)O. The zero-order chi connectivity index (χ0) is 22.8. The van der Waals surface area contributed by atoms with Crippen molar-refractivity contribution < 1.29 is 29.1 Å². The molecule has 0 radical (unpaired) electrons. The summed E-state index contributed by atoms with van der Waals surface area (Å²) in [5, 5.41) is 16.0. The number of primary amides is 1. The number of nitrogens with one attached hydrogen (secondary N) is 4. The number of carbonyl (C=O) groups excluding carboxylic acids is 4. The molecular weight excluding hydrogens is 418 g/mol. The summed E-state index contributed by atoms with van der Waals surface area (Å²) in [5.41, 5.74) is 11.1. The third kappa shape index (κ3) is 8.08. The van der Waals surface area contributed by atoms with Crippen LogP contribution in [0.2, 0.25) is 0 Å². The lowest BCUT2D eigenvalue weighted by atomic mass is 10.1. The molecule has 166 valence electrons. The van der Waals surface area contributed by atoms with Gasteiger partial charge in [-0.15, -0.1) is 0 Å². The van der Waals surface area contributed by atoms with E-state index in [0.717, 1.165) is 0 Å². The van der Waals surface area contributed by atoms with Gasteiger partial charge >= 0.3 is 5.97 Å². The van der Waals surface area contributed by atoms with Gasteiger partial charge in [-0.3, -0.25) is 19.2 Å². The summed E-state index contributed by atoms with van der Waals surface area (Å²) in [4.78, 5) is 65.6. The largest absolute Gasteiger partial charge is 0.480 e. The summed E-state index contributed by atoms with van der Waals surface area (Å²) in [6.07, 6.45) is 2.28. The van der Waals surface area contributed by atoms with Crippen LogP contribution in [0.3, 0.4) is 0 Å². The van der Waals surface area contributed by atoms with Crippen molar-refractivity contribution in [3.63, 3.8) is 0 Å². The number of nitrogens with two attached hydrogens (primary N) is 2. The second kappa shape index (κ2) is 11.8. The Hall–Kier alpha value is -3.13. The lowest BCUT2D eigenvalue weighted by Crippen LogP contribution is -2.57. The summed E-state index contributed by atoms with van der Waals surface area (Å²) in [6, 6.07) is -4.76. The third-order valence-corrected chi connectivity index (χ3v) is 4.31. The quantitative estimate of drug-likeness (QED) is 0.152. The lowest BCUT2D eigenvalue weighted by molar-refractivity contribution is -0.143. The number of amides is 4. The van der Waals surface area contributed by atoms with Gasteiger partial charge in [0.2, 0.25) is 23.6 Å². The normalized spacial score (nSPS) is 14.6. The second-order valence-corrected chi connectivity index (χ2v) is 6.80. The van der Waals surface area contributed by atoms with Crippen LogP contribution in [0.25, 0.3) is 0 Å². The van der Waals surface area contributed by atoms with E-state index in [2.05, 4.69) is 38.5 Å². The number of rotatable bonds is 12. The van der Waals surface area contributed by atoms with Gasteiger partial charge in [-0.1, -0.05) is 0 Å². The molecule has 4 amide bonds. The predicted octanol–water partition coefficient (Wildman–Crippen LogP) is -3.36. The molecule has 1 aromatic heterocycles. The molecule has 13 nitrogen and oxygen atoms in total. The molecule has 0 saturated heterocycles. The van der Waals surface area contributed by atoms with E-state index in [9.17, 15) is 24.0 Å². The Bertz CT molecular complexity index is 772. The van der Waals surface area contributed by atoms with Crippen LogP contribution in [0.5, 0.6) is 0 Å². The zero-order valence-electron chi connectivity index (χ0n) is 16.1. The van der Waals surface area contributed by atoms with Gasteiger partial charge in [-0.2, -0.15) is 12.6 Å². The van der Waals surface area contributed by atoms with Crippen molar-refractivity contribution >= 4 is 42.2 Å². The van der Waals surface area contributed by atoms with Gasteiger partial charge in [0, 0.05) is 24.1 Å². The van der Waals surface area contributed by atoms with E-state index in [0.29, 0.717) is 5.69 Å². The lowest BCUT2D eigenvalue weighted by Gasteiger charge is -2.23. The van der Waals surface area contributed by atoms with Gasteiger partial charge in [-0.25, -0.2) is 9.78 Å². The van der Waals surface area contributed by atoms with Crippen molar-refractivity contribution in [1.82, 2.24) is 25.9 Å². The minimum Gasteiger partial charge on any atom is -0.480 e. The minimum atomic E-state index is -1.54. The smallest absolute Gasteiger partial charge is 0.326 e. The number of imidazole rings is 1. The Kier molecular flexibility index (Phi) is 9.77. The summed E-state index contributed by atoms with van der Waals surface area (Å²) in [6.45, 7) is 1.31. The van der Waals surface area contributed by atoms with Gasteiger partial charge in [0.15, 0.2) is 0 Å². The molecule has 0 bridgehead atoms. The van der Waals surface area contributed by atoms with Gasteiger partial charge in [-0.05, 0) is 6.92 Å². The van der Waals surface area contributed by atoms with Crippen molar-refractivity contribution in [3.05, 3.63) is 18.2 Å². The maximum atomic E-state index is 12.6. The Balaban J connectivity index is 2.82. The van der Waals surface area contributed by atoms with Crippen LogP contribution >= 0.6 is 12.6 Å². The molecule has 9 N–H and O–H groups in total. The van der Waals surface area contributed by atoms with E-state index in [1.807, 2.05) is 0 Å². The Morgan fingerprint density at radius 2 is 1.77 bits per heavy atom. The highest BCUT2D eigenvalue weighted by molar-refractivity contribution is 7.80. The van der Waals surface area contributed by atoms with Crippen LogP contribution in [-0.2, 0) is 30.4 Å². The Labute approximate surface area is 177 Å². The number of carboxylic acids is 1. The highest BCUT2D eigenvalue weighted by Gasteiger charge is 2.29. The molecular formula is C16H25N7O6S. The molecule has 0 aliphatic carbocycles. The monoisotopic (exact) mass is 443 g/mol. The van der Waals surface area contributed by atoms with Crippen LogP contribution in [0, 0.1) is 0 Å². The van der Waals surface area contributed by atoms with Crippen LogP contribution < -0.4 is 27.4 Å². The average molecular weight is 443 g/mol. The second-order valence-electron chi connectivity index (χ2n) is 6.43. The fourth-order valence-corrected chi connectivity index (χ4v) is 2.43. The fraction of sp³-hybridized carbons (Fsp3) is 0.500. The third-order valence-electron chi connectivity index (χ3n) is 3.92. The van der Waals surface area contributed by atoms with Crippen molar-refractivity contribution in [3.8, 4) is 0 Å². The van der Waals surface area contributed by atoms with Crippen LogP contribution in [0.1, 0.15) is 19.0 Å². The average Bonchev–Trinajstić information content (AvgIpc) is 3.18. The highest BCUT2D eigenvalue weighted by atomic mass is 32.1. The first-order chi connectivity index (χ1) is 14.0. The Morgan fingerprint density at radius 3 is 2.27 bits per heavy atom. The van der Waals surface area contributed by atoms with Crippen molar-refractivity contribution in [2.45, 2.75) is 43.9 Å². The summed E-state index contributed by atoms with van der Waals surface area (Å²) in [5.74, 6) is -4.49.